The van der Waals surface area contributed by atoms with Gasteiger partial charge in [0.2, 0.25) is 17.8 Å². The molecule has 36 heavy (non-hydrogen) atoms. The van der Waals surface area contributed by atoms with Crippen LogP contribution in [-0.4, -0.2) is 60.5 Å². The Morgan fingerprint density at radius 1 is 0.750 bits per heavy atom. The van der Waals surface area contributed by atoms with E-state index in [1.54, 1.807) is 0 Å². The molecule has 1 fully saturated rings. The lowest BCUT2D eigenvalue weighted by atomic mass is 9.97. The van der Waals surface area contributed by atoms with E-state index in [2.05, 4.69) is 50.2 Å². The van der Waals surface area contributed by atoms with Crippen molar-refractivity contribution in [3.05, 3.63) is 42.5 Å². The summed E-state index contributed by atoms with van der Waals surface area (Å²) in [5, 5.41) is 12.6. The zero-order chi connectivity index (χ0) is 24.8. The zero-order valence-corrected chi connectivity index (χ0v) is 21.0. The molecule has 1 aliphatic carbocycles. The van der Waals surface area contributed by atoms with Gasteiger partial charge in [0.05, 0.1) is 26.4 Å². The Hall–Kier alpha value is -3.01. The maximum absolute atomic E-state index is 5.62. The molecule has 5 N–H and O–H groups in total. The standard InChI is InChI=1S/C27H39N7O2/c28-14-16-35-18-19-36-17-15-29-25-32-26(30-23-10-4-2-1-3-5-11-23)34-27(33-25)31-24-13-12-21-8-6-7-9-22(21)20-24/h6-9,12-13,20,23H,1-5,10-11,14-19,28H2,(H3,29,30,31,32,33,34). The summed E-state index contributed by atoms with van der Waals surface area (Å²) in [6.07, 6.45) is 8.70. The number of fused-ring (bicyclic) bond motifs is 1. The van der Waals surface area contributed by atoms with Gasteiger partial charge in [-0.3, -0.25) is 0 Å². The largest absolute Gasteiger partial charge is 0.378 e. The van der Waals surface area contributed by atoms with Crippen molar-refractivity contribution in [1.29, 1.82) is 0 Å². The first-order valence-corrected chi connectivity index (χ1v) is 13.2. The first-order chi connectivity index (χ1) is 17.8. The Kier molecular flexibility index (Phi) is 10.5. The summed E-state index contributed by atoms with van der Waals surface area (Å²) in [5.41, 5.74) is 6.36. The number of hydrogen-bond acceptors (Lipinski definition) is 9. The topological polar surface area (TPSA) is 119 Å². The van der Waals surface area contributed by atoms with Gasteiger partial charge in [-0.1, -0.05) is 62.4 Å². The number of aromatic nitrogens is 3. The molecule has 1 saturated carbocycles. The minimum absolute atomic E-state index is 0.380. The molecular weight excluding hydrogens is 454 g/mol. The summed E-state index contributed by atoms with van der Waals surface area (Å²) in [5.74, 6) is 1.62. The molecule has 3 aromatic rings. The number of nitrogens with two attached hydrogens (primary N) is 1. The van der Waals surface area contributed by atoms with E-state index >= 15 is 0 Å². The summed E-state index contributed by atoms with van der Waals surface area (Å²) >= 11 is 0. The van der Waals surface area contributed by atoms with E-state index in [1.807, 2.05) is 18.2 Å². The molecule has 0 atom stereocenters. The van der Waals surface area contributed by atoms with Gasteiger partial charge < -0.3 is 31.2 Å². The fourth-order valence-electron chi connectivity index (χ4n) is 4.39. The van der Waals surface area contributed by atoms with Gasteiger partial charge in [-0.25, -0.2) is 0 Å². The van der Waals surface area contributed by atoms with Gasteiger partial charge >= 0.3 is 0 Å². The molecule has 2 aromatic carbocycles. The van der Waals surface area contributed by atoms with Crippen molar-refractivity contribution in [3.8, 4) is 0 Å². The Labute approximate surface area is 213 Å². The average Bonchev–Trinajstić information content (AvgIpc) is 2.87. The van der Waals surface area contributed by atoms with Crippen LogP contribution in [0.1, 0.15) is 44.9 Å². The highest BCUT2D eigenvalue weighted by molar-refractivity contribution is 5.86. The van der Waals surface area contributed by atoms with Gasteiger partial charge in [-0.05, 0) is 35.7 Å². The number of nitrogens with zero attached hydrogens (tertiary/aromatic N) is 3. The highest BCUT2D eigenvalue weighted by atomic mass is 16.5. The molecule has 0 radical (unpaired) electrons. The smallest absolute Gasteiger partial charge is 0.233 e. The van der Waals surface area contributed by atoms with Crippen molar-refractivity contribution in [2.75, 3.05) is 55.5 Å². The molecule has 0 amide bonds. The van der Waals surface area contributed by atoms with E-state index < -0.39 is 0 Å². The molecule has 1 aliphatic rings. The van der Waals surface area contributed by atoms with Crippen LogP contribution in [0.5, 0.6) is 0 Å². The van der Waals surface area contributed by atoms with Crippen molar-refractivity contribution in [1.82, 2.24) is 15.0 Å². The Morgan fingerprint density at radius 3 is 2.25 bits per heavy atom. The lowest BCUT2D eigenvalue weighted by Gasteiger charge is -2.21. The van der Waals surface area contributed by atoms with Crippen LogP contribution >= 0.6 is 0 Å². The van der Waals surface area contributed by atoms with E-state index in [-0.39, 0.29) is 0 Å². The molecule has 194 valence electrons. The fraction of sp³-hybridized carbons (Fsp3) is 0.519. The van der Waals surface area contributed by atoms with Crippen molar-refractivity contribution in [2.45, 2.75) is 51.0 Å². The van der Waals surface area contributed by atoms with Crippen LogP contribution in [0, 0.1) is 0 Å². The average molecular weight is 494 g/mol. The fourth-order valence-corrected chi connectivity index (χ4v) is 4.39. The maximum atomic E-state index is 5.62. The molecule has 0 aliphatic heterocycles. The van der Waals surface area contributed by atoms with Gasteiger partial charge in [0.25, 0.3) is 0 Å². The number of anilines is 4. The Morgan fingerprint density at radius 2 is 1.44 bits per heavy atom. The molecule has 0 spiro atoms. The number of ether oxygens (including phenoxy) is 2. The van der Waals surface area contributed by atoms with Gasteiger partial charge in [0, 0.05) is 24.8 Å². The predicted molar refractivity (Wildman–Crippen MR) is 146 cm³/mol. The Balaban J connectivity index is 1.42. The van der Waals surface area contributed by atoms with Crippen LogP contribution < -0.4 is 21.7 Å². The quantitative estimate of drug-likeness (QED) is 0.251. The van der Waals surface area contributed by atoms with Crippen molar-refractivity contribution in [3.63, 3.8) is 0 Å². The first-order valence-electron chi connectivity index (χ1n) is 13.2. The number of hydrogen-bond donors (Lipinski definition) is 4. The number of benzene rings is 2. The van der Waals surface area contributed by atoms with Gasteiger partial charge in [-0.15, -0.1) is 0 Å². The van der Waals surface area contributed by atoms with Gasteiger partial charge in [0.15, 0.2) is 0 Å². The van der Waals surface area contributed by atoms with Crippen LogP contribution in [0.2, 0.25) is 0 Å². The van der Waals surface area contributed by atoms with Crippen LogP contribution in [0.4, 0.5) is 23.5 Å². The van der Waals surface area contributed by atoms with Crippen LogP contribution in [-0.2, 0) is 9.47 Å². The predicted octanol–water partition coefficient (Wildman–Crippen LogP) is 4.70. The summed E-state index contributed by atoms with van der Waals surface area (Å²) in [4.78, 5) is 14.0. The van der Waals surface area contributed by atoms with E-state index in [1.165, 1.54) is 37.5 Å². The van der Waals surface area contributed by atoms with Crippen LogP contribution in [0.25, 0.3) is 10.8 Å². The third kappa shape index (κ3) is 8.58. The van der Waals surface area contributed by atoms with E-state index in [9.17, 15) is 0 Å². The highest BCUT2D eigenvalue weighted by Crippen LogP contribution is 2.23. The van der Waals surface area contributed by atoms with Crippen LogP contribution in [0.3, 0.4) is 0 Å². The third-order valence-electron chi connectivity index (χ3n) is 6.24. The van der Waals surface area contributed by atoms with E-state index in [0.29, 0.717) is 63.4 Å². The molecular formula is C27H39N7O2. The molecule has 9 heteroatoms. The summed E-state index contributed by atoms with van der Waals surface area (Å²) in [6, 6.07) is 14.9. The second kappa shape index (κ2) is 14.5. The molecule has 0 unspecified atom stereocenters. The third-order valence-corrected chi connectivity index (χ3v) is 6.24. The van der Waals surface area contributed by atoms with E-state index in [4.69, 9.17) is 20.2 Å². The van der Waals surface area contributed by atoms with Crippen molar-refractivity contribution in [2.24, 2.45) is 5.73 Å². The first kappa shape index (κ1) is 26.1. The van der Waals surface area contributed by atoms with E-state index in [0.717, 1.165) is 23.9 Å². The van der Waals surface area contributed by atoms with Gasteiger partial charge in [-0.2, -0.15) is 15.0 Å². The second-order valence-corrected chi connectivity index (χ2v) is 9.12. The zero-order valence-electron chi connectivity index (χ0n) is 21.0. The molecule has 1 aromatic heterocycles. The highest BCUT2D eigenvalue weighted by Gasteiger charge is 2.14. The minimum atomic E-state index is 0.380. The number of rotatable bonds is 13. The second-order valence-electron chi connectivity index (χ2n) is 9.12. The summed E-state index contributed by atoms with van der Waals surface area (Å²) in [6.45, 7) is 3.25. The minimum Gasteiger partial charge on any atom is -0.378 e. The van der Waals surface area contributed by atoms with Crippen molar-refractivity contribution < 1.29 is 9.47 Å². The lowest BCUT2D eigenvalue weighted by Crippen LogP contribution is -2.23. The van der Waals surface area contributed by atoms with Gasteiger partial charge in [0.1, 0.15) is 0 Å². The molecule has 4 rings (SSSR count). The SMILES string of the molecule is NCCOCCOCCNc1nc(Nc2ccc3ccccc3c2)nc(NC2CCCCCCC2)n1. The molecule has 0 saturated heterocycles. The maximum Gasteiger partial charge on any atom is 0.233 e. The Bertz CT molecular complexity index is 1060. The monoisotopic (exact) mass is 493 g/mol. The normalized spacial score (nSPS) is 14.8. The summed E-state index contributed by atoms with van der Waals surface area (Å²) in [7, 11) is 0. The molecule has 9 nitrogen and oxygen atoms in total. The number of nitrogens with one attached hydrogen (secondary N) is 3. The summed E-state index contributed by atoms with van der Waals surface area (Å²) < 4.78 is 10.9. The molecule has 0 bridgehead atoms. The van der Waals surface area contributed by atoms with Crippen molar-refractivity contribution >= 4 is 34.3 Å². The van der Waals surface area contributed by atoms with Crippen LogP contribution in [0.15, 0.2) is 42.5 Å². The lowest BCUT2D eigenvalue weighted by molar-refractivity contribution is 0.0547. The molecule has 1 heterocycles.